The fourth-order valence-corrected chi connectivity index (χ4v) is 4.84. The molecule has 0 saturated carbocycles. The molecule has 0 bridgehead atoms. The predicted molar refractivity (Wildman–Crippen MR) is 178 cm³/mol. The Hall–Kier alpha value is -4.98. The van der Waals surface area contributed by atoms with Crippen LogP contribution in [0, 0.1) is 0 Å². The highest BCUT2D eigenvalue weighted by Gasteiger charge is 2.12. The van der Waals surface area contributed by atoms with E-state index in [4.69, 9.17) is 18.9 Å². The molecule has 45 heavy (non-hydrogen) atoms. The average molecular weight is 611 g/mol. The van der Waals surface area contributed by atoms with Crippen LogP contribution in [0.4, 0.5) is 11.4 Å². The van der Waals surface area contributed by atoms with Crippen molar-refractivity contribution in [3.8, 4) is 23.0 Å². The van der Waals surface area contributed by atoms with Crippen molar-refractivity contribution in [2.75, 3.05) is 37.1 Å². The van der Waals surface area contributed by atoms with Crippen LogP contribution in [0.25, 0.3) is 0 Å². The third kappa shape index (κ3) is 10.0. The summed E-state index contributed by atoms with van der Waals surface area (Å²) < 4.78 is 22.6. The number of hydrogen-bond acceptors (Lipinski definition) is 6. The van der Waals surface area contributed by atoms with Crippen molar-refractivity contribution >= 4 is 23.2 Å². The van der Waals surface area contributed by atoms with Crippen molar-refractivity contribution < 1.29 is 28.5 Å². The van der Waals surface area contributed by atoms with Gasteiger partial charge in [0.2, 0.25) is 11.8 Å². The first kappa shape index (κ1) is 32.9. The van der Waals surface area contributed by atoms with Gasteiger partial charge in [-0.15, -0.1) is 0 Å². The van der Waals surface area contributed by atoms with E-state index in [0.717, 1.165) is 40.0 Å². The summed E-state index contributed by atoms with van der Waals surface area (Å²) in [6, 6.07) is 26.8. The molecule has 0 aliphatic rings. The third-order valence-electron chi connectivity index (χ3n) is 6.83. The van der Waals surface area contributed by atoms with Crippen LogP contribution < -0.4 is 29.6 Å². The van der Waals surface area contributed by atoms with Crippen molar-refractivity contribution in [2.45, 2.75) is 47.0 Å². The number of nitrogens with one attached hydrogen (secondary N) is 2. The van der Waals surface area contributed by atoms with Gasteiger partial charge in [-0.25, -0.2) is 0 Å². The number of anilines is 2. The number of benzene rings is 4. The minimum Gasteiger partial charge on any atom is -0.490 e. The van der Waals surface area contributed by atoms with Crippen LogP contribution in [0.1, 0.15) is 49.9 Å². The molecular weight excluding hydrogens is 568 g/mol. The second-order valence-corrected chi connectivity index (χ2v) is 10.3. The predicted octanol–water partition coefficient (Wildman–Crippen LogP) is 7.23. The van der Waals surface area contributed by atoms with Gasteiger partial charge in [0, 0.05) is 11.4 Å². The van der Waals surface area contributed by atoms with E-state index in [1.807, 2.05) is 113 Å². The van der Waals surface area contributed by atoms with Crippen molar-refractivity contribution in [3.63, 3.8) is 0 Å². The zero-order valence-electron chi connectivity index (χ0n) is 26.5. The molecule has 0 atom stereocenters. The van der Waals surface area contributed by atoms with E-state index in [0.29, 0.717) is 49.4 Å². The smallest absolute Gasteiger partial charge is 0.228 e. The largest absolute Gasteiger partial charge is 0.490 e. The van der Waals surface area contributed by atoms with Gasteiger partial charge in [-0.1, -0.05) is 36.4 Å². The molecule has 0 radical (unpaired) electrons. The molecule has 0 heterocycles. The Morgan fingerprint density at radius 1 is 0.467 bits per heavy atom. The number of rotatable bonds is 16. The van der Waals surface area contributed by atoms with Gasteiger partial charge < -0.3 is 29.6 Å². The lowest BCUT2D eigenvalue weighted by Crippen LogP contribution is -2.14. The quantitative estimate of drug-likeness (QED) is 0.139. The lowest BCUT2D eigenvalue weighted by Gasteiger charge is -2.13. The fraction of sp³-hybridized carbons (Fsp3) is 0.297. The molecule has 0 aliphatic heterocycles. The van der Waals surface area contributed by atoms with Gasteiger partial charge in [-0.05, 0) is 105 Å². The Kier molecular flexibility index (Phi) is 12.3. The number of carbonyl (C=O) groups excluding carboxylic acids is 2. The van der Waals surface area contributed by atoms with Crippen LogP contribution in [0.2, 0.25) is 0 Å². The molecule has 2 amide bonds. The van der Waals surface area contributed by atoms with Crippen molar-refractivity contribution in [3.05, 3.63) is 107 Å². The maximum absolute atomic E-state index is 12.7. The summed E-state index contributed by atoms with van der Waals surface area (Å²) in [5.41, 5.74) is 5.39. The zero-order chi connectivity index (χ0) is 32.0. The van der Waals surface area contributed by atoms with E-state index in [9.17, 15) is 9.59 Å². The Bertz CT molecular complexity index is 1430. The van der Waals surface area contributed by atoms with E-state index >= 15 is 0 Å². The molecule has 0 saturated heterocycles. The molecule has 0 spiro atoms. The normalized spacial score (nSPS) is 10.6. The molecule has 4 rings (SSSR count). The highest BCUT2D eigenvalue weighted by molar-refractivity contribution is 5.93. The Morgan fingerprint density at radius 3 is 1.16 bits per heavy atom. The lowest BCUT2D eigenvalue weighted by molar-refractivity contribution is -0.116. The van der Waals surface area contributed by atoms with Crippen LogP contribution in [0.3, 0.4) is 0 Å². The number of hydrogen-bond donors (Lipinski definition) is 2. The maximum atomic E-state index is 12.7. The van der Waals surface area contributed by atoms with Crippen LogP contribution in [0.15, 0.2) is 84.9 Å². The third-order valence-corrected chi connectivity index (χ3v) is 6.83. The Labute approximate surface area is 265 Å². The monoisotopic (exact) mass is 610 g/mol. The van der Waals surface area contributed by atoms with Gasteiger partial charge in [0.05, 0.1) is 39.3 Å². The molecule has 4 aromatic rings. The first-order valence-corrected chi connectivity index (χ1v) is 15.4. The van der Waals surface area contributed by atoms with E-state index in [1.54, 1.807) is 0 Å². The summed E-state index contributed by atoms with van der Waals surface area (Å²) in [6.45, 7) is 9.80. The van der Waals surface area contributed by atoms with Crippen molar-refractivity contribution in [1.29, 1.82) is 0 Å². The average Bonchev–Trinajstić information content (AvgIpc) is 3.02. The van der Waals surface area contributed by atoms with Gasteiger partial charge in [0.25, 0.3) is 0 Å². The maximum Gasteiger partial charge on any atom is 0.228 e. The summed E-state index contributed by atoms with van der Waals surface area (Å²) >= 11 is 0. The topological polar surface area (TPSA) is 95.1 Å². The molecule has 8 nitrogen and oxygen atoms in total. The summed E-state index contributed by atoms with van der Waals surface area (Å²) in [4.78, 5) is 25.4. The van der Waals surface area contributed by atoms with Gasteiger partial charge in [0.1, 0.15) is 0 Å². The molecule has 2 N–H and O–H groups in total. The van der Waals surface area contributed by atoms with E-state index in [1.165, 1.54) is 0 Å². The molecule has 0 fully saturated rings. The molecule has 236 valence electrons. The fourth-order valence-electron chi connectivity index (χ4n) is 4.84. The minimum absolute atomic E-state index is 0.107. The highest BCUT2D eigenvalue weighted by Crippen LogP contribution is 2.30. The van der Waals surface area contributed by atoms with E-state index < -0.39 is 0 Å². The van der Waals surface area contributed by atoms with Crippen LogP contribution in [-0.4, -0.2) is 38.2 Å². The van der Waals surface area contributed by atoms with Gasteiger partial charge >= 0.3 is 0 Å². The van der Waals surface area contributed by atoms with Crippen LogP contribution >= 0.6 is 0 Å². The lowest BCUT2D eigenvalue weighted by atomic mass is 10.0. The Morgan fingerprint density at radius 2 is 0.800 bits per heavy atom. The molecule has 0 aliphatic carbocycles. The Balaban J connectivity index is 1.27. The van der Waals surface area contributed by atoms with Gasteiger partial charge in [-0.3, -0.25) is 9.59 Å². The number of amides is 2. The second kappa shape index (κ2) is 16.8. The van der Waals surface area contributed by atoms with Crippen LogP contribution in [-0.2, 0) is 28.9 Å². The molecule has 4 aromatic carbocycles. The number of ether oxygens (including phenoxy) is 4. The van der Waals surface area contributed by atoms with Crippen LogP contribution in [0.5, 0.6) is 23.0 Å². The minimum atomic E-state index is -0.107. The first-order chi connectivity index (χ1) is 21.9. The first-order valence-electron chi connectivity index (χ1n) is 15.4. The SMILES string of the molecule is CCOc1ccc(CC(=O)Nc2ccc(Cc3ccc(NC(=O)Cc4ccc(OCC)c(OCC)c4)cc3)cc2)cc1OCC. The summed E-state index contributed by atoms with van der Waals surface area (Å²) in [6.07, 6.45) is 1.18. The summed E-state index contributed by atoms with van der Waals surface area (Å²) in [5.74, 6) is 2.42. The van der Waals surface area contributed by atoms with Crippen molar-refractivity contribution in [2.24, 2.45) is 0 Å². The standard InChI is InChI=1S/C37H42N2O6/c1-5-42-32-19-13-28(22-34(32)44-7-3)24-36(40)38-30-15-9-26(10-16-30)21-27-11-17-31(18-12-27)39-37(41)25-29-14-20-33(43-6-2)35(23-29)45-8-4/h9-20,22-23H,5-8,21,24-25H2,1-4H3,(H,38,40)(H,39,41). The summed E-state index contributed by atoms with van der Waals surface area (Å²) in [5, 5.41) is 5.94. The van der Waals surface area contributed by atoms with Gasteiger partial charge in [0.15, 0.2) is 23.0 Å². The highest BCUT2D eigenvalue weighted by atomic mass is 16.5. The van der Waals surface area contributed by atoms with E-state index in [-0.39, 0.29) is 24.7 Å². The second-order valence-electron chi connectivity index (χ2n) is 10.3. The molecule has 8 heteroatoms. The molecular formula is C37H42N2O6. The summed E-state index contributed by atoms with van der Waals surface area (Å²) in [7, 11) is 0. The zero-order valence-corrected chi connectivity index (χ0v) is 26.5. The molecule has 0 aromatic heterocycles. The molecule has 0 unspecified atom stereocenters. The van der Waals surface area contributed by atoms with Gasteiger partial charge in [-0.2, -0.15) is 0 Å². The van der Waals surface area contributed by atoms with Crippen molar-refractivity contribution in [1.82, 2.24) is 0 Å². The van der Waals surface area contributed by atoms with E-state index in [2.05, 4.69) is 10.6 Å². The number of carbonyl (C=O) groups is 2.